The number of sulfonamides is 1. The van der Waals surface area contributed by atoms with Crippen LogP contribution in [0.25, 0.3) is 0 Å². The molecule has 0 spiro atoms. The van der Waals surface area contributed by atoms with Crippen LogP contribution in [0, 0.1) is 6.92 Å². The lowest BCUT2D eigenvalue weighted by molar-refractivity contribution is -0.140. The first-order valence-corrected chi connectivity index (χ1v) is 7.61. The molecule has 2 aromatic rings. The number of hydrogen-bond acceptors (Lipinski definition) is 3. The summed E-state index contributed by atoms with van der Waals surface area (Å²) in [5, 5.41) is 8.90. The zero-order chi connectivity index (χ0) is 17.4. The quantitative estimate of drug-likeness (QED) is 0.791. The van der Waals surface area contributed by atoms with Crippen molar-refractivity contribution in [2.24, 2.45) is 0 Å². The second-order valence-electron chi connectivity index (χ2n) is 4.69. The Kier molecular flexibility index (Phi) is 4.12. The molecule has 6 nitrogen and oxygen atoms in total. The molecule has 0 bridgehead atoms. The Morgan fingerprint density at radius 2 is 1.91 bits per heavy atom. The summed E-state index contributed by atoms with van der Waals surface area (Å²) in [6, 6.07) is 4.16. The van der Waals surface area contributed by atoms with Crippen LogP contribution in [0.5, 0.6) is 0 Å². The number of benzene rings is 1. The summed E-state index contributed by atoms with van der Waals surface area (Å²) >= 11 is 0. The molecule has 0 fully saturated rings. The Labute approximate surface area is 129 Å². The van der Waals surface area contributed by atoms with E-state index in [2.05, 4.69) is 4.72 Å². The summed E-state index contributed by atoms with van der Waals surface area (Å²) in [6.45, 7) is 1.47. The van der Waals surface area contributed by atoms with Crippen molar-refractivity contribution in [3.05, 3.63) is 47.3 Å². The maximum Gasteiger partial charge on any atom is 0.431 e. The first-order valence-electron chi connectivity index (χ1n) is 6.13. The first kappa shape index (κ1) is 16.9. The number of aromatic carboxylic acids is 1. The molecule has 23 heavy (non-hydrogen) atoms. The lowest BCUT2D eigenvalue weighted by Crippen LogP contribution is -2.13. The second-order valence-corrected chi connectivity index (χ2v) is 6.37. The minimum atomic E-state index is -4.69. The Hall–Kier alpha value is -2.49. The van der Waals surface area contributed by atoms with Crippen LogP contribution >= 0.6 is 0 Å². The fourth-order valence-corrected chi connectivity index (χ4v) is 2.92. The van der Waals surface area contributed by atoms with Crippen LogP contribution in [-0.4, -0.2) is 24.5 Å². The van der Waals surface area contributed by atoms with Gasteiger partial charge in [0.05, 0.1) is 5.56 Å². The van der Waals surface area contributed by atoms with Crippen molar-refractivity contribution in [1.29, 1.82) is 0 Å². The molecule has 0 atom stereocenters. The van der Waals surface area contributed by atoms with Crippen molar-refractivity contribution >= 4 is 21.7 Å². The minimum Gasteiger partial charge on any atom is -0.478 e. The zero-order valence-electron chi connectivity index (χ0n) is 11.6. The number of nitrogens with one attached hydrogen (secondary N) is 2. The molecular weight excluding hydrogens is 337 g/mol. The van der Waals surface area contributed by atoms with Gasteiger partial charge in [-0.05, 0) is 36.8 Å². The van der Waals surface area contributed by atoms with Gasteiger partial charge < -0.3 is 10.1 Å². The number of halogens is 3. The molecule has 0 unspecified atom stereocenters. The van der Waals surface area contributed by atoms with Crippen molar-refractivity contribution in [3.63, 3.8) is 0 Å². The number of aromatic nitrogens is 1. The topological polar surface area (TPSA) is 99.3 Å². The molecule has 0 saturated carbocycles. The maximum atomic E-state index is 12.5. The third-order valence-electron chi connectivity index (χ3n) is 2.98. The lowest BCUT2D eigenvalue weighted by atomic mass is 10.1. The van der Waals surface area contributed by atoms with Crippen LogP contribution in [0.3, 0.4) is 0 Å². The molecular formula is C13H11F3N2O4S. The molecule has 0 aliphatic rings. The van der Waals surface area contributed by atoms with Gasteiger partial charge in [-0.15, -0.1) is 0 Å². The summed E-state index contributed by atoms with van der Waals surface area (Å²) < 4.78 is 63.7. The smallest absolute Gasteiger partial charge is 0.431 e. The average molecular weight is 348 g/mol. The van der Waals surface area contributed by atoms with E-state index >= 15 is 0 Å². The molecule has 0 amide bonds. The van der Waals surface area contributed by atoms with Gasteiger partial charge in [0.25, 0.3) is 10.0 Å². The van der Waals surface area contributed by atoms with Gasteiger partial charge in [0.1, 0.15) is 10.6 Å². The van der Waals surface area contributed by atoms with Crippen LogP contribution in [0.1, 0.15) is 21.6 Å². The molecule has 2 rings (SSSR count). The van der Waals surface area contributed by atoms with E-state index in [0.717, 1.165) is 6.20 Å². The van der Waals surface area contributed by atoms with Gasteiger partial charge in [-0.3, -0.25) is 4.72 Å². The number of alkyl halides is 3. The van der Waals surface area contributed by atoms with Gasteiger partial charge in [0, 0.05) is 11.9 Å². The summed E-state index contributed by atoms with van der Waals surface area (Å²) in [6.07, 6.45) is -3.96. The minimum absolute atomic E-state index is 0.00560. The fourth-order valence-electron chi connectivity index (χ4n) is 1.87. The van der Waals surface area contributed by atoms with E-state index in [9.17, 15) is 26.4 Å². The van der Waals surface area contributed by atoms with Crippen molar-refractivity contribution in [2.45, 2.75) is 18.0 Å². The maximum absolute atomic E-state index is 12.5. The third-order valence-corrected chi connectivity index (χ3v) is 4.34. The standard InChI is InChI=1S/C13H11F3N2O4S/c1-7-4-8(2-3-10(7)12(19)20)18-23(21,22)9-5-11(17-6-9)13(14,15)16/h2-6,17-18H,1H3,(H,19,20). The number of aryl methyl sites for hydroxylation is 1. The number of carbonyl (C=O) groups is 1. The second kappa shape index (κ2) is 5.61. The Morgan fingerprint density at radius 3 is 2.39 bits per heavy atom. The summed E-state index contributed by atoms with van der Waals surface area (Å²) in [5.74, 6) is -1.17. The summed E-state index contributed by atoms with van der Waals surface area (Å²) in [4.78, 5) is 12.2. The lowest BCUT2D eigenvalue weighted by Gasteiger charge is -2.08. The number of carboxylic acids is 1. The molecule has 0 aliphatic carbocycles. The van der Waals surface area contributed by atoms with Crippen LogP contribution < -0.4 is 4.72 Å². The van der Waals surface area contributed by atoms with E-state index in [-0.39, 0.29) is 11.3 Å². The highest BCUT2D eigenvalue weighted by Gasteiger charge is 2.33. The van der Waals surface area contributed by atoms with E-state index in [1.807, 2.05) is 4.98 Å². The Balaban J connectivity index is 2.30. The highest BCUT2D eigenvalue weighted by molar-refractivity contribution is 7.92. The number of hydrogen-bond donors (Lipinski definition) is 3. The molecule has 0 aliphatic heterocycles. The molecule has 124 valence electrons. The van der Waals surface area contributed by atoms with E-state index in [4.69, 9.17) is 5.11 Å². The fraction of sp³-hybridized carbons (Fsp3) is 0.154. The Morgan fingerprint density at radius 1 is 1.26 bits per heavy atom. The SMILES string of the molecule is Cc1cc(NS(=O)(=O)c2c[nH]c(C(F)(F)F)c2)ccc1C(=O)O. The van der Waals surface area contributed by atoms with Gasteiger partial charge in [-0.25, -0.2) is 13.2 Å². The summed E-state index contributed by atoms with van der Waals surface area (Å²) in [7, 11) is -4.23. The Bertz CT molecular complexity index is 856. The molecule has 0 saturated heterocycles. The zero-order valence-corrected chi connectivity index (χ0v) is 12.4. The highest BCUT2D eigenvalue weighted by atomic mass is 32.2. The molecule has 0 radical (unpaired) electrons. The van der Waals surface area contributed by atoms with Gasteiger partial charge in [-0.1, -0.05) is 0 Å². The average Bonchev–Trinajstić information content (AvgIpc) is 2.87. The van der Waals surface area contributed by atoms with Gasteiger partial charge in [0.15, 0.2) is 0 Å². The van der Waals surface area contributed by atoms with Gasteiger partial charge in [0.2, 0.25) is 0 Å². The number of H-pyrrole nitrogens is 1. The van der Waals surface area contributed by atoms with Crippen molar-refractivity contribution in [1.82, 2.24) is 4.98 Å². The van der Waals surface area contributed by atoms with Crippen molar-refractivity contribution in [2.75, 3.05) is 4.72 Å². The third kappa shape index (κ3) is 3.65. The summed E-state index contributed by atoms with van der Waals surface area (Å²) in [5.41, 5.74) is -0.839. The van der Waals surface area contributed by atoms with E-state index in [0.29, 0.717) is 11.6 Å². The van der Waals surface area contributed by atoms with E-state index < -0.39 is 32.8 Å². The van der Waals surface area contributed by atoms with Crippen molar-refractivity contribution in [3.8, 4) is 0 Å². The number of rotatable bonds is 4. The highest BCUT2D eigenvalue weighted by Crippen LogP contribution is 2.30. The molecule has 10 heteroatoms. The van der Waals surface area contributed by atoms with Gasteiger partial charge >= 0.3 is 12.1 Å². The van der Waals surface area contributed by atoms with Gasteiger partial charge in [-0.2, -0.15) is 13.2 Å². The molecule has 1 heterocycles. The van der Waals surface area contributed by atoms with E-state index in [1.54, 1.807) is 0 Å². The normalized spacial score (nSPS) is 12.2. The molecule has 1 aromatic carbocycles. The molecule has 3 N–H and O–H groups in total. The van der Waals surface area contributed by atoms with Crippen LogP contribution in [0.15, 0.2) is 35.4 Å². The molecule has 1 aromatic heterocycles. The largest absolute Gasteiger partial charge is 0.478 e. The van der Waals surface area contributed by atoms with Crippen LogP contribution in [0.4, 0.5) is 18.9 Å². The number of aromatic amines is 1. The number of carboxylic acid groups (broad SMARTS) is 1. The first-order chi connectivity index (χ1) is 10.5. The van der Waals surface area contributed by atoms with E-state index in [1.165, 1.54) is 25.1 Å². The van der Waals surface area contributed by atoms with Crippen LogP contribution in [-0.2, 0) is 16.2 Å². The predicted molar refractivity (Wildman–Crippen MR) is 74.7 cm³/mol. The number of anilines is 1. The predicted octanol–water partition coefficient (Wildman–Crippen LogP) is 2.84. The van der Waals surface area contributed by atoms with Crippen LogP contribution in [0.2, 0.25) is 0 Å². The monoisotopic (exact) mass is 348 g/mol. The van der Waals surface area contributed by atoms with Crippen molar-refractivity contribution < 1.29 is 31.5 Å².